The highest BCUT2D eigenvalue weighted by atomic mass is 35.5. The van der Waals surface area contributed by atoms with E-state index in [0.717, 1.165) is 74.4 Å². The molecule has 1 aliphatic carbocycles. The number of halogens is 1. The zero-order valence-electron chi connectivity index (χ0n) is 24.9. The third kappa shape index (κ3) is 7.42. The molecule has 0 spiro atoms. The van der Waals surface area contributed by atoms with Gasteiger partial charge >= 0.3 is 5.97 Å². The van der Waals surface area contributed by atoms with Gasteiger partial charge in [-0.15, -0.1) is 11.8 Å². The maximum Gasteiger partial charge on any atom is 0.331 e. The molecule has 4 rings (SSSR count). The largest absolute Gasteiger partial charge is 0.341 e. The van der Waals surface area contributed by atoms with Gasteiger partial charge in [-0.2, -0.15) is 0 Å². The average molecular weight is 601 g/mol. The van der Waals surface area contributed by atoms with Gasteiger partial charge in [-0.1, -0.05) is 47.1 Å². The molecule has 0 N–H and O–H groups in total. The molecular formula is C35H37ClN2O3S. The number of Topliss-reactive ketones (excluding diaryl/α,β-unsaturated/α-hetero) is 1. The fraction of sp³-hybridized carbons (Fsp3) is 0.286. The van der Waals surface area contributed by atoms with Crippen LogP contribution >= 0.6 is 23.4 Å². The number of oxime groups is 1. The quantitative estimate of drug-likeness (QED) is 0.0418. The van der Waals surface area contributed by atoms with Crippen LogP contribution in [0.2, 0.25) is 0 Å². The van der Waals surface area contributed by atoms with Crippen molar-refractivity contribution in [2.24, 2.45) is 5.16 Å². The summed E-state index contributed by atoms with van der Waals surface area (Å²) in [5.41, 5.74) is 6.12. The minimum absolute atomic E-state index is 0.0210. The Morgan fingerprint density at radius 2 is 1.74 bits per heavy atom. The molecule has 1 heterocycles. The van der Waals surface area contributed by atoms with Crippen LogP contribution in [0, 0.1) is 0 Å². The number of fused-ring (bicyclic) bond motifs is 3. The number of hydrogen-bond donors (Lipinski definition) is 0. The second-order valence-electron chi connectivity index (χ2n) is 10.2. The van der Waals surface area contributed by atoms with Gasteiger partial charge < -0.3 is 9.40 Å². The summed E-state index contributed by atoms with van der Waals surface area (Å²) in [6.07, 6.45) is 14.2. The molecule has 0 bridgehead atoms. The first-order valence-electron chi connectivity index (χ1n) is 14.2. The number of carbonyl (C=O) groups is 2. The summed E-state index contributed by atoms with van der Waals surface area (Å²) in [6, 6.07) is 12.2. The van der Waals surface area contributed by atoms with Crippen LogP contribution in [0.15, 0.2) is 99.1 Å². The molecule has 42 heavy (non-hydrogen) atoms. The summed E-state index contributed by atoms with van der Waals surface area (Å²) >= 11 is 7.91. The van der Waals surface area contributed by atoms with Gasteiger partial charge in [0.1, 0.15) is 0 Å². The molecule has 0 saturated heterocycles. The number of nitrogens with zero attached hydrogens (tertiary/aromatic N) is 2. The van der Waals surface area contributed by atoms with Crippen LogP contribution in [-0.2, 0) is 16.2 Å². The Balaban J connectivity index is 1.67. The predicted octanol–water partition coefficient (Wildman–Crippen LogP) is 9.66. The number of aromatic nitrogens is 1. The van der Waals surface area contributed by atoms with Crippen LogP contribution in [0.25, 0.3) is 21.8 Å². The summed E-state index contributed by atoms with van der Waals surface area (Å²) < 4.78 is 2.26. The minimum Gasteiger partial charge on any atom is -0.341 e. The number of carbonyl (C=O) groups excluding carboxylic acids is 2. The highest BCUT2D eigenvalue weighted by Gasteiger charge is 2.17. The van der Waals surface area contributed by atoms with E-state index in [9.17, 15) is 9.59 Å². The molecule has 0 aliphatic heterocycles. The molecule has 0 saturated carbocycles. The van der Waals surface area contributed by atoms with Crippen molar-refractivity contribution < 1.29 is 14.4 Å². The summed E-state index contributed by atoms with van der Waals surface area (Å²) in [5, 5.41) is 7.03. The second-order valence-corrected chi connectivity index (χ2v) is 11.9. The topological polar surface area (TPSA) is 60.7 Å². The lowest BCUT2D eigenvalue weighted by molar-refractivity contribution is -0.140. The van der Waals surface area contributed by atoms with Gasteiger partial charge in [-0.3, -0.25) is 4.79 Å². The van der Waals surface area contributed by atoms with Crippen molar-refractivity contribution in [3.63, 3.8) is 0 Å². The molecule has 0 unspecified atom stereocenters. The van der Waals surface area contributed by atoms with Crippen molar-refractivity contribution in [2.75, 3.05) is 5.75 Å². The third-order valence-electron chi connectivity index (χ3n) is 7.28. The molecule has 0 fully saturated rings. The molecule has 2 aromatic carbocycles. The molecule has 218 valence electrons. The minimum atomic E-state index is -0.454. The first-order chi connectivity index (χ1) is 20.2. The van der Waals surface area contributed by atoms with Crippen molar-refractivity contribution >= 4 is 62.6 Å². The van der Waals surface area contributed by atoms with Gasteiger partial charge in [0.2, 0.25) is 0 Å². The zero-order valence-corrected chi connectivity index (χ0v) is 26.4. The molecule has 1 aromatic heterocycles. The van der Waals surface area contributed by atoms with Crippen LogP contribution < -0.4 is 0 Å². The van der Waals surface area contributed by atoms with E-state index in [0.29, 0.717) is 12.0 Å². The van der Waals surface area contributed by atoms with Crippen molar-refractivity contribution in [3.8, 4) is 0 Å². The number of thioether (sulfide) groups is 1. The fourth-order valence-electron chi connectivity index (χ4n) is 5.03. The van der Waals surface area contributed by atoms with Crippen LogP contribution in [-0.4, -0.2) is 27.8 Å². The number of benzene rings is 2. The van der Waals surface area contributed by atoms with Crippen molar-refractivity contribution in [2.45, 2.75) is 60.4 Å². The Kier molecular flexibility index (Phi) is 10.8. The lowest BCUT2D eigenvalue weighted by Gasteiger charge is -2.08. The monoisotopic (exact) mass is 600 g/mol. The SMILES string of the molecule is C/C=C\C(C)=C(/C)C(=O)c1ccc2c(c1)c1cc(/C(CCCSC3=CC=C(Cl)C=CC3)=N/OC(C)=O)ccc1n2CC. The molecule has 0 amide bonds. The first kappa shape index (κ1) is 31.3. The average Bonchev–Trinajstić information content (AvgIpc) is 3.14. The van der Waals surface area contributed by atoms with Gasteiger partial charge in [0, 0.05) is 51.4 Å². The van der Waals surface area contributed by atoms with Crippen LogP contribution in [0.5, 0.6) is 0 Å². The molecule has 0 radical (unpaired) electrons. The Labute approximate surface area is 257 Å². The summed E-state index contributed by atoms with van der Waals surface area (Å²) in [4.78, 5) is 31.4. The number of allylic oxidation sites excluding steroid dienone is 10. The molecule has 7 heteroatoms. The normalized spacial score (nSPS) is 14.7. The lowest BCUT2D eigenvalue weighted by atomic mass is 9.98. The standard InChI is InChI=1S/C35H37ClN2O3S/c1-6-10-23(3)24(4)35(40)27-15-19-34-31(22-27)30-21-26(14-18-33(30)38(34)7-2)32(37-41-25(5)39)13-9-20-42-29-12-8-11-28(36)16-17-29/h6,8,10-11,14-19,21-22H,7,9,12-13,20H2,1-5H3/b10-6-,24-23+,37-32+. The van der Waals surface area contributed by atoms with E-state index >= 15 is 0 Å². The lowest BCUT2D eigenvalue weighted by Crippen LogP contribution is -2.05. The van der Waals surface area contributed by atoms with E-state index in [1.165, 1.54) is 11.8 Å². The maximum atomic E-state index is 13.4. The van der Waals surface area contributed by atoms with Crippen LogP contribution in [0.4, 0.5) is 0 Å². The Morgan fingerprint density at radius 3 is 2.40 bits per heavy atom. The summed E-state index contributed by atoms with van der Waals surface area (Å²) in [5.74, 6) is 0.462. The van der Waals surface area contributed by atoms with E-state index in [4.69, 9.17) is 16.4 Å². The zero-order chi connectivity index (χ0) is 30.2. The van der Waals surface area contributed by atoms with Crippen LogP contribution in [0.3, 0.4) is 0 Å². The summed E-state index contributed by atoms with van der Waals surface area (Å²) in [7, 11) is 0. The Hall–Kier alpha value is -3.61. The van der Waals surface area contributed by atoms with E-state index in [1.807, 2.05) is 69.3 Å². The maximum absolute atomic E-state index is 13.4. The molecule has 3 aromatic rings. The Bertz CT molecular complexity index is 1700. The number of ketones is 1. The molecular weight excluding hydrogens is 564 g/mol. The highest BCUT2D eigenvalue weighted by molar-refractivity contribution is 8.03. The highest BCUT2D eigenvalue weighted by Crippen LogP contribution is 2.32. The number of rotatable bonds is 11. The van der Waals surface area contributed by atoms with Gasteiger partial charge in [0.05, 0.1) is 5.71 Å². The van der Waals surface area contributed by atoms with Crippen LogP contribution in [0.1, 0.15) is 69.8 Å². The van der Waals surface area contributed by atoms with Gasteiger partial charge in [-0.25, -0.2) is 4.79 Å². The van der Waals surface area contributed by atoms with Crippen molar-refractivity contribution in [3.05, 3.63) is 105 Å². The Morgan fingerprint density at radius 1 is 1.05 bits per heavy atom. The second kappa shape index (κ2) is 14.5. The summed E-state index contributed by atoms with van der Waals surface area (Å²) in [6.45, 7) is 10.0. The van der Waals surface area contributed by atoms with E-state index in [1.54, 1.807) is 11.8 Å². The van der Waals surface area contributed by atoms with Gasteiger partial charge in [-0.05, 0) is 111 Å². The number of aryl methyl sites for hydroxylation is 1. The molecule has 1 aliphatic rings. The predicted molar refractivity (Wildman–Crippen MR) is 178 cm³/mol. The fourth-order valence-corrected chi connectivity index (χ4v) is 6.11. The van der Waals surface area contributed by atoms with E-state index in [-0.39, 0.29) is 5.78 Å². The third-order valence-corrected chi connectivity index (χ3v) is 8.70. The van der Waals surface area contributed by atoms with E-state index < -0.39 is 5.97 Å². The smallest absolute Gasteiger partial charge is 0.331 e. The van der Waals surface area contributed by atoms with Crippen molar-refractivity contribution in [1.29, 1.82) is 0 Å². The number of hydrogen-bond acceptors (Lipinski definition) is 5. The van der Waals surface area contributed by atoms with E-state index in [2.05, 4.69) is 40.9 Å². The molecule has 5 nitrogen and oxygen atoms in total. The van der Waals surface area contributed by atoms with Crippen molar-refractivity contribution in [1.82, 2.24) is 4.57 Å². The molecule has 0 atom stereocenters. The van der Waals surface area contributed by atoms with Gasteiger partial charge in [0.15, 0.2) is 5.78 Å². The van der Waals surface area contributed by atoms with Gasteiger partial charge in [0.25, 0.3) is 0 Å². The first-order valence-corrected chi connectivity index (χ1v) is 15.6.